The molecule has 2 aromatic carbocycles. The van der Waals surface area contributed by atoms with Gasteiger partial charge in [-0.15, -0.1) is 0 Å². The first-order chi connectivity index (χ1) is 14.0. The summed E-state index contributed by atoms with van der Waals surface area (Å²) in [5.41, 5.74) is 3.59. The number of anilines is 3. The van der Waals surface area contributed by atoms with Crippen LogP contribution < -0.4 is 24.8 Å². The maximum absolute atomic E-state index is 12.6. The first-order valence-corrected chi connectivity index (χ1v) is 8.94. The van der Waals surface area contributed by atoms with E-state index in [2.05, 4.69) is 15.6 Å². The molecule has 0 aliphatic rings. The van der Waals surface area contributed by atoms with Crippen molar-refractivity contribution < 1.29 is 19.0 Å². The smallest absolute Gasteiger partial charge is 0.257 e. The number of carbonyl (C=O) groups excluding carboxylic acids is 1. The van der Waals surface area contributed by atoms with E-state index in [4.69, 9.17) is 14.2 Å². The molecule has 0 radical (unpaired) electrons. The normalized spacial score (nSPS) is 10.2. The average molecular weight is 393 g/mol. The zero-order chi connectivity index (χ0) is 20.8. The third-order valence-corrected chi connectivity index (χ3v) is 4.23. The fraction of sp³-hybridized carbons (Fsp3) is 0.182. The molecule has 150 valence electrons. The zero-order valence-corrected chi connectivity index (χ0v) is 16.8. The van der Waals surface area contributed by atoms with Crippen LogP contribution in [0, 0.1) is 6.92 Å². The predicted octanol–water partition coefficient (Wildman–Crippen LogP) is 4.41. The fourth-order valence-electron chi connectivity index (χ4n) is 2.88. The van der Waals surface area contributed by atoms with Gasteiger partial charge in [0, 0.05) is 29.7 Å². The molecular formula is C22H23N3O4. The fourth-order valence-corrected chi connectivity index (χ4v) is 2.88. The third-order valence-electron chi connectivity index (χ3n) is 4.23. The summed E-state index contributed by atoms with van der Waals surface area (Å²) in [5.74, 6) is 1.31. The molecule has 29 heavy (non-hydrogen) atoms. The van der Waals surface area contributed by atoms with E-state index < -0.39 is 0 Å². The monoisotopic (exact) mass is 393 g/mol. The molecule has 2 N–H and O–H groups in total. The summed E-state index contributed by atoms with van der Waals surface area (Å²) in [6.07, 6.45) is 3.15. The minimum absolute atomic E-state index is 0.239. The number of pyridine rings is 1. The second-order valence-corrected chi connectivity index (χ2v) is 6.32. The van der Waals surface area contributed by atoms with Crippen LogP contribution in [-0.2, 0) is 0 Å². The quantitative estimate of drug-likeness (QED) is 0.619. The first-order valence-electron chi connectivity index (χ1n) is 8.94. The van der Waals surface area contributed by atoms with Gasteiger partial charge in [-0.25, -0.2) is 0 Å². The Kier molecular flexibility index (Phi) is 6.19. The molecule has 7 heteroatoms. The molecule has 0 atom stereocenters. The number of hydrogen-bond donors (Lipinski definition) is 2. The van der Waals surface area contributed by atoms with Crippen LogP contribution >= 0.6 is 0 Å². The summed E-state index contributed by atoms with van der Waals surface area (Å²) in [7, 11) is 4.66. The van der Waals surface area contributed by atoms with Gasteiger partial charge in [-0.1, -0.05) is 12.1 Å². The van der Waals surface area contributed by atoms with Crippen molar-refractivity contribution in [1.29, 1.82) is 0 Å². The van der Waals surface area contributed by atoms with Crippen LogP contribution in [0.15, 0.2) is 54.9 Å². The molecule has 7 nitrogen and oxygen atoms in total. The van der Waals surface area contributed by atoms with E-state index >= 15 is 0 Å². The Hall–Kier alpha value is -3.74. The average Bonchev–Trinajstić information content (AvgIpc) is 2.73. The van der Waals surface area contributed by atoms with Gasteiger partial charge in [0.15, 0.2) is 11.5 Å². The lowest BCUT2D eigenvalue weighted by atomic mass is 10.2. The molecule has 0 saturated carbocycles. The maximum atomic E-state index is 12.6. The Labute approximate surface area is 169 Å². The summed E-state index contributed by atoms with van der Waals surface area (Å²) in [5, 5.41) is 6.09. The molecule has 0 bridgehead atoms. The van der Waals surface area contributed by atoms with Crippen molar-refractivity contribution in [3.63, 3.8) is 0 Å². The van der Waals surface area contributed by atoms with Crippen molar-refractivity contribution in [2.24, 2.45) is 0 Å². The van der Waals surface area contributed by atoms with Gasteiger partial charge in [0.05, 0.1) is 38.8 Å². The van der Waals surface area contributed by atoms with Crippen LogP contribution in [0.3, 0.4) is 0 Å². The van der Waals surface area contributed by atoms with E-state index in [1.807, 2.05) is 31.2 Å². The summed E-state index contributed by atoms with van der Waals surface area (Å²) < 4.78 is 16.1. The predicted molar refractivity (Wildman–Crippen MR) is 113 cm³/mol. The lowest BCUT2D eigenvalue weighted by Gasteiger charge is -2.15. The number of nitrogens with zero attached hydrogens (tertiary/aromatic N) is 1. The SMILES string of the molecule is COc1cc(Nc2cncc(C(=O)Nc3cccc(C)c3)c2)cc(OC)c1OC. The number of amides is 1. The number of benzene rings is 2. The summed E-state index contributed by atoms with van der Waals surface area (Å²) in [6.45, 7) is 1.97. The van der Waals surface area contributed by atoms with Crippen LogP contribution in [-0.4, -0.2) is 32.2 Å². The van der Waals surface area contributed by atoms with Crippen molar-refractivity contribution in [3.8, 4) is 17.2 Å². The molecule has 0 aliphatic heterocycles. The van der Waals surface area contributed by atoms with Crippen molar-refractivity contribution in [2.45, 2.75) is 6.92 Å². The van der Waals surface area contributed by atoms with Gasteiger partial charge in [-0.2, -0.15) is 0 Å². The third kappa shape index (κ3) is 4.76. The summed E-state index contributed by atoms with van der Waals surface area (Å²) in [4.78, 5) is 16.7. The van der Waals surface area contributed by atoms with Gasteiger partial charge in [0.25, 0.3) is 5.91 Å². The molecular weight excluding hydrogens is 370 g/mol. The number of hydrogen-bond acceptors (Lipinski definition) is 6. The number of methoxy groups -OCH3 is 3. The Morgan fingerprint density at radius 1 is 0.862 bits per heavy atom. The van der Waals surface area contributed by atoms with Gasteiger partial charge in [0.1, 0.15) is 0 Å². The summed E-state index contributed by atoms with van der Waals surface area (Å²) in [6, 6.07) is 12.9. The molecule has 3 rings (SSSR count). The maximum Gasteiger partial charge on any atom is 0.257 e. The number of carbonyl (C=O) groups is 1. The highest BCUT2D eigenvalue weighted by Gasteiger charge is 2.14. The van der Waals surface area contributed by atoms with Gasteiger partial charge in [-0.3, -0.25) is 9.78 Å². The lowest BCUT2D eigenvalue weighted by Crippen LogP contribution is -2.12. The Balaban J connectivity index is 1.82. The van der Waals surface area contributed by atoms with Gasteiger partial charge < -0.3 is 24.8 Å². The van der Waals surface area contributed by atoms with E-state index in [0.717, 1.165) is 11.3 Å². The highest BCUT2D eigenvalue weighted by molar-refractivity contribution is 6.04. The molecule has 1 aromatic heterocycles. The number of nitrogens with one attached hydrogen (secondary N) is 2. The van der Waals surface area contributed by atoms with E-state index in [0.29, 0.717) is 34.2 Å². The van der Waals surface area contributed by atoms with Crippen LogP contribution in [0.2, 0.25) is 0 Å². The molecule has 0 unspecified atom stereocenters. The first kappa shape index (κ1) is 20.0. The standard InChI is InChI=1S/C22H23N3O4/c1-14-6-5-7-16(8-14)25-22(26)15-9-18(13-23-12-15)24-17-10-19(27-2)21(29-4)20(11-17)28-3/h5-13,24H,1-4H3,(H,25,26). The number of ether oxygens (including phenoxy) is 3. The van der Waals surface area contributed by atoms with Gasteiger partial charge in [-0.05, 0) is 30.7 Å². The minimum atomic E-state index is -0.239. The Bertz CT molecular complexity index is 995. The van der Waals surface area contributed by atoms with Gasteiger partial charge in [0.2, 0.25) is 5.75 Å². The van der Waals surface area contributed by atoms with E-state index in [1.165, 1.54) is 6.20 Å². The molecule has 3 aromatic rings. The van der Waals surface area contributed by atoms with Crippen molar-refractivity contribution in [1.82, 2.24) is 4.98 Å². The topological polar surface area (TPSA) is 81.7 Å². The van der Waals surface area contributed by atoms with Crippen LogP contribution in [0.4, 0.5) is 17.1 Å². The van der Waals surface area contributed by atoms with Crippen LogP contribution in [0.5, 0.6) is 17.2 Å². The largest absolute Gasteiger partial charge is 0.493 e. The van der Waals surface area contributed by atoms with E-state index in [9.17, 15) is 4.79 Å². The van der Waals surface area contributed by atoms with Crippen LogP contribution in [0.25, 0.3) is 0 Å². The Morgan fingerprint density at radius 2 is 1.59 bits per heavy atom. The second kappa shape index (κ2) is 8.97. The van der Waals surface area contributed by atoms with Crippen LogP contribution in [0.1, 0.15) is 15.9 Å². The number of aromatic nitrogens is 1. The van der Waals surface area contributed by atoms with E-state index in [-0.39, 0.29) is 5.91 Å². The molecule has 0 spiro atoms. The number of rotatable bonds is 7. The van der Waals surface area contributed by atoms with Crippen molar-refractivity contribution >= 4 is 23.0 Å². The molecule has 0 saturated heterocycles. The van der Waals surface area contributed by atoms with Gasteiger partial charge >= 0.3 is 0 Å². The molecule has 0 fully saturated rings. The van der Waals surface area contributed by atoms with Crippen molar-refractivity contribution in [2.75, 3.05) is 32.0 Å². The highest BCUT2D eigenvalue weighted by atomic mass is 16.5. The van der Waals surface area contributed by atoms with Crippen molar-refractivity contribution in [3.05, 3.63) is 66.0 Å². The summed E-state index contributed by atoms with van der Waals surface area (Å²) >= 11 is 0. The highest BCUT2D eigenvalue weighted by Crippen LogP contribution is 2.40. The number of aryl methyl sites for hydroxylation is 1. The Morgan fingerprint density at radius 3 is 2.21 bits per heavy atom. The zero-order valence-electron chi connectivity index (χ0n) is 16.8. The minimum Gasteiger partial charge on any atom is -0.493 e. The second-order valence-electron chi connectivity index (χ2n) is 6.32. The molecule has 0 aliphatic carbocycles. The lowest BCUT2D eigenvalue weighted by molar-refractivity contribution is 0.102. The van der Waals surface area contributed by atoms with E-state index in [1.54, 1.807) is 45.7 Å². The molecule has 1 heterocycles. The molecule has 1 amide bonds.